The van der Waals surface area contributed by atoms with Crippen molar-refractivity contribution in [2.45, 2.75) is 96.9 Å². The summed E-state index contributed by atoms with van der Waals surface area (Å²) in [4.78, 5) is 44.6. The largest absolute Gasteiger partial charge is 0.445 e. The molecule has 1 aromatic rings. The lowest BCUT2D eigenvalue weighted by molar-refractivity contribution is -0.103. The van der Waals surface area contributed by atoms with Crippen molar-refractivity contribution in [2.24, 2.45) is 11.8 Å². The van der Waals surface area contributed by atoms with Crippen LogP contribution in [0, 0.1) is 11.8 Å². The second kappa shape index (κ2) is 19.9. The second-order valence-electron chi connectivity index (χ2n) is 17.3. The third-order valence-electron chi connectivity index (χ3n) is 10.4. The molecule has 0 radical (unpaired) electrons. The molecule has 56 heavy (non-hydrogen) atoms. The normalized spacial score (nSPS) is 20.2. The topological polar surface area (TPSA) is 107 Å². The summed E-state index contributed by atoms with van der Waals surface area (Å²) in [6, 6.07) is 9.41. The van der Waals surface area contributed by atoms with E-state index >= 15 is 0 Å². The van der Waals surface area contributed by atoms with E-state index in [-0.39, 0.29) is 45.6 Å². The van der Waals surface area contributed by atoms with Gasteiger partial charge in [-0.25, -0.2) is 31.9 Å². The van der Waals surface area contributed by atoms with Gasteiger partial charge in [-0.15, -0.1) is 0 Å². The smallest absolute Gasteiger partial charge is 0.410 e. The molecule has 0 saturated carbocycles. The van der Waals surface area contributed by atoms with Crippen molar-refractivity contribution in [3.63, 3.8) is 0 Å². The predicted molar refractivity (Wildman–Crippen MR) is 205 cm³/mol. The zero-order valence-corrected chi connectivity index (χ0v) is 34.2. The molecule has 5 rings (SSSR count). The first-order chi connectivity index (χ1) is 26.2. The van der Waals surface area contributed by atoms with Gasteiger partial charge in [0.2, 0.25) is 0 Å². The number of hydrogen-bond donors (Lipinski definition) is 1. The number of ether oxygens (including phenoxy) is 3. The van der Waals surface area contributed by atoms with Crippen LogP contribution in [0.2, 0.25) is 0 Å². The Balaban J connectivity index is 0.000000265. The van der Waals surface area contributed by atoms with Crippen LogP contribution in [-0.2, 0) is 20.8 Å². The van der Waals surface area contributed by atoms with Gasteiger partial charge in [0.25, 0.3) is 11.8 Å². The minimum Gasteiger partial charge on any atom is -0.445 e. The van der Waals surface area contributed by atoms with Gasteiger partial charge in [0.05, 0.1) is 13.1 Å². The lowest BCUT2D eigenvalue weighted by atomic mass is 9.90. The van der Waals surface area contributed by atoms with Gasteiger partial charge in [-0.1, -0.05) is 30.3 Å². The molecule has 0 bridgehead atoms. The molecule has 4 aliphatic rings. The first-order valence-corrected chi connectivity index (χ1v) is 20.0. The van der Waals surface area contributed by atoms with Crippen molar-refractivity contribution in [3.05, 3.63) is 35.9 Å². The number of nitrogens with zero attached hydrogens (tertiary/aromatic N) is 5. The van der Waals surface area contributed by atoms with Crippen LogP contribution < -0.4 is 5.32 Å². The van der Waals surface area contributed by atoms with Crippen LogP contribution in [0.4, 0.5) is 31.9 Å². The van der Waals surface area contributed by atoms with Crippen molar-refractivity contribution in [1.82, 2.24) is 29.8 Å². The Morgan fingerprint density at radius 1 is 0.589 bits per heavy atom. The number of carbonyl (C=O) groups is 3. The Morgan fingerprint density at radius 3 is 1.39 bits per heavy atom. The standard InChI is InChI=1S/C24H35F2N3O4.C16H29F2N3O2/c1-23(2,3)33-22(31)28-11-9-20(10-12-28)24(25,26)18-27-13-15-29(16-14-27)21(30)32-17-19-7-5-4-6-8-19;1-15(2,3)23-14(22)21-8-4-13(5-9-21)16(17,18)12-20-10-6-19-7-11-20/h4-8,20H,9-18H2,1-3H3;13,19H,4-12H2,1-3H3. The molecule has 1 aromatic carbocycles. The van der Waals surface area contributed by atoms with E-state index in [1.54, 1.807) is 56.2 Å². The van der Waals surface area contributed by atoms with E-state index in [0.717, 1.165) is 18.7 Å². The van der Waals surface area contributed by atoms with Crippen LogP contribution >= 0.6 is 0 Å². The van der Waals surface area contributed by atoms with Crippen LogP contribution in [0.1, 0.15) is 72.8 Å². The highest BCUT2D eigenvalue weighted by Crippen LogP contribution is 2.36. The van der Waals surface area contributed by atoms with Crippen molar-refractivity contribution >= 4 is 18.3 Å². The number of halogens is 4. The van der Waals surface area contributed by atoms with Gasteiger partial charge in [0.15, 0.2) is 0 Å². The SMILES string of the molecule is CC(C)(C)OC(=O)N1CCC(C(F)(F)CN2CCN(C(=O)OCc3ccccc3)CC2)CC1.CC(C)(C)OC(=O)N1CCC(C(F)(F)CN2CCNCC2)CC1. The highest BCUT2D eigenvalue weighted by Gasteiger charge is 2.45. The Kier molecular flexibility index (Phi) is 16.1. The van der Waals surface area contributed by atoms with Crippen molar-refractivity contribution in [1.29, 1.82) is 0 Å². The molecule has 4 heterocycles. The number of alkyl halides is 4. The average Bonchev–Trinajstić information content (AvgIpc) is 3.14. The van der Waals surface area contributed by atoms with E-state index in [1.165, 1.54) is 4.90 Å². The molecule has 0 spiro atoms. The molecule has 0 unspecified atom stereocenters. The summed E-state index contributed by atoms with van der Waals surface area (Å²) in [7, 11) is 0. The highest BCUT2D eigenvalue weighted by molar-refractivity contribution is 5.69. The third-order valence-corrected chi connectivity index (χ3v) is 10.4. The van der Waals surface area contributed by atoms with Crippen LogP contribution in [-0.4, -0.2) is 157 Å². The molecule has 4 fully saturated rings. The van der Waals surface area contributed by atoms with E-state index in [2.05, 4.69) is 5.32 Å². The first kappa shape index (κ1) is 45.3. The summed E-state index contributed by atoms with van der Waals surface area (Å²) in [5, 5.41) is 3.17. The molecule has 1 N–H and O–H groups in total. The molecule has 0 atom stereocenters. The number of likely N-dealkylation sites (tertiary alicyclic amines) is 2. The van der Waals surface area contributed by atoms with Gasteiger partial charge >= 0.3 is 18.3 Å². The Hall–Kier alpha value is -3.37. The van der Waals surface area contributed by atoms with E-state index in [0.29, 0.717) is 65.2 Å². The summed E-state index contributed by atoms with van der Waals surface area (Å²) in [5.74, 6) is -6.98. The zero-order chi connectivity index (χ0) is 41.1. The van der Waals surface area contributed by atoms with Crippen LogP contribution in [0.5, 0.6) is 0 Å². The molecule has 4 saturated heterocycles. The van der Waals surface area contributed by atoms with Crippen LogP contribution in [0.25, 0.3) is 0 Å². The fraction of sp³-hybridized carbons (Fsp3) is 0.775. The molecular formula is C40H64F4N6O6. The molecular weight excluding hydrogens is 736 g/mol. The number of rotatable bonds is 8. The number of piperazine rings is 2. The Morgan fingerprint density at radius 2 is 0.982 bits per heavy atom. The van der Waals surface area contributed by atoms with E-state index < -0.39 is 53.2 Å². The minimum absolute atomic E-state index is 0.175. The number of piperidine rings is 2. The minimum atomic E-state index is -2.85. The van der Waals surface area contributed by atoms with Crippen molar-refractivity contribution in [2.75, 3.05) is 91.6 Å². The number of hydrogen-bond acceptors (Lipinski definition) is 9. The predicted octanol–water partition coefficient (Wildman–Crippen LogP) is 6.40. The summed E-state index contributed by atoms with van der Waals surface area (Å²) in [5.41, 5.74) is -0.254. The molecule has 318 valence electrons. The van der Waals surface area contributed by atoms with E-state index in [4.69, 9.17) is 14.2 Å². The van der Waals surface area contributed by atoms with Gasteiger partial charge in [-0.2, -0.15) is 0 Å². The highest BCUT2D eigenvalue weighted by atomic mass is 19.3. The van der Waals surface area contributed by atoms with Gasteiger partial charge in [0, 0.05) is 90.4 Å². The number of carbonyl (C=O) groups excluding carboxylic acids is 3. The zero-order valence-electron chi connectivity index (χ0n) is 34.2. The summed E-state index contributed by atoms with van der Waals surface area (Å²) >= 11 is 0. The molecule has 16 heteroatoms. The van der Waals surface area contributed by atoms with E-state index in [9.17, 15) is 31.9 Å². The molecule has 3 amide bonds. The number of benzene rings is 1. The van der Waals surface area contributed by atoms with Crippen LogP contribution in [0.15, 0.2) is 30.3 Å². The first-order valence-electron chi connectivity index (χ1n) is 20.0. The summed E-state index contributed by atoms with van der Waals surface area (Å²) < 4.78 is 74.9. The van der Waals surface area contributed by atoms with Gasteiger partial charge < -0.3 is 34.2 Å². The second-order valence-corrected chi connectivity index (χ2v) is 17.3. The van der Waals surface area contributed by atoms with E-state index in [1.807, 2.05) is 35.2 Å². The summed E-state index contributed by atoms with van der Waals surface area (Å²) in [6.45, 7) is 16.1. The van der Waals surface area contributed by atoms with Crippen molar-refractivity contribution in [3.8, 4) is 0 Å². The molecule has 4 aliphatic heterocycles. The van der Waals surface area contributed by atoms with Crippen LogP contribution in [0.3, 0.4) is 0 Å². The molecule has 0 aromatic heterocycles. The summed E-state index contributed by atoms with van der Waals surface area (Å²) in [6.07, 6.45) is -0.104. The van der Waals surface area contributed by atoms with Crippen molar-refractivity contribution < 1.29 is 46.2 Å². The molecule has 0 aliphatic carbocycles. The quantitative estimate of drug-likeness (QED) is 0.236. The maximum absolute atomic E-state index is 15.0. The number of nitrogens with one attached hydrogen (secondary N) is 1. The Bertz CT molecular complexity index is 1380. The fourth-order valence-electron chi connectivity index (χ4n) is 7.24. The maximum Gasteiger partial charge on any atom is 0.410 e. The van der Waals surface area contributed by atoms with Gasteiger partial charge in [-0.3, -0.25) is 9.80 Å². The van der Waals surface area contributed by atoms with Gasteiger partial charge in [0.1, 0.15) is 17.8 Å². The third kappa shape index (κ3) is 14.9. The lowest BCUT2D eigenvalue weighted by Crippen LogP contribution is -2.54. The maximum atomic E-state index is 15.0. The Labute approximate surface area is 330 Å². The fourth-order valence-corrected chi connectivity index (χ4v) is 7.24. The molecule has 12 nitrogen and oxygen atoms in total. The lowest BCUT2D eigenvalue weighted by Gasteiger charge is -2.40. The average molecular weight is 801 g/mol. The monoisotopic (exact) mass is 800 g/mol. The number of amides is 3. The van der Waals surface area contributed by atoms with Gasteiger partial charge in [-0.05, 0) is 72.8 Å².